The smallest absolute Gasteiger partial charge is 0.251 e. The van der Waals surface area contributed by atoms with Crippen LogP contribution in [0, 0.1) is 11.3 Å². The summed E-state index contributed by atoms with van der Waals surface area (Å²) in [4.78, 5) is 25.2. The molecule has 0 spiro atoms. The molecule has 0 saturated heterocycles. The summed E-state index contributed by atoms with van der Waals surface area (Å²) in [5, 5.41) is 15.6. The highest BCUT2D eigenvalue weighted by molar-refractivity contribution is 5.94. The van der Waals surface area contributed by atoms with Gasteiger partial charge in [-0.15, -0.1) is 0 Å². The molecule has 0 aliphatic heterocycles. The first kappa shape index (κ1) is 24.0. The lowest BCUT2D eigenvalue weighted by atomic mass is 10.0. The van der Waals surface area contributed by atoms with E-state index in [0.29, 0.717) is 22.6 Å². The molecule has 0 fully saturated rings. The van der Waals surface area contributed by atoms with Gasteiger partial charge in [-0.2, -0.15) is 10.4 Å². The predicted molar refractivity (Wildman–Crippen MR) is 128 cm³/mol. The Bertz CT molecular complexity index is 1170. The summed E-state index contributed by atoms with van der Waals surface area (Å²) < 4.78 is 10.6. The molecule has 34 heavy (non-hydrogen) atoms. The Labute approximate surface area is 197 Å². The third-order valence-electron chi connectivity index (χ3n) is 4.82. The van der Waals surface area contributed by atoms with Gasteiger partial charge in [0.25, 0.3) is 5.91 Å². The van der Waals surface area contributed by atoms with Crippen LogP contribution >= 0.6 is 0 Å². The number of hydrogen-bond donors (Lipinski definition) is 2. The normalized spacial score (nSPS) is 11.3. The van der Waals surface area contributed by atoms with Crippen molar-refractivity contribution >= 4 is 18.0 Å². The molecule has 0 unspecified atom stereocenters. The molecule has 2 N–H and O–H groups in total. The molecule has 0 saturated carbocycles. The first-order valence-corrected chi connectivity index (χ1v) is 10.5. The van der Waals surface area contributed by atoms with Gasteiger partial charge < -0.3 is 14.8 Å². The minimum atomic E-state index is -0.527. The number of nitrogens with one attached hydrogen (secondary N) is 2. The van der Waals surface area contributed by atoms with Gasteiger partial charge in [0.05, 0.1) is 25.8 Å². The molecule has 0 aromatic heterocycles. The number of ether oxygens (including phenoxy) is 2. The average molecular weight is 457 g/mol. The summed E-state index contributed by atoms with van der Waals surface area (Å²) in [6, 6.07) is 24.5. The van der Waals surface area contributed by atoms with Gasteiger partial charge in [0.1, 0.15) is 6.07 Å². The van der Waals surface area contributed by atoms with Gasteiger partial charge in [0.15, 0.2) is 18.1 Å². The minimum Gasteiger partial charge on any atom is -0.493 e. The van der Waals surface area contributed by atoms with Crippen LogP contribution in [0.3, 0.4) is 0 Å². The Morgan fingerprint density at radius 3 is 2.41 bits per heavy atom. The van der Waals surface area contributed by atoms with Gasteiger partial charge in [-0.05, 0) is 41.5 Å². The molecule has 172 valence electrons. The summed E-state index contributed by atoms with van der Waals surface area (Å²) in [5.74, 6) is 0.249. The molecular formula is C26H24N4O4. The van der Waals surface area contributed by atoms with E-state index in [2.05, 4.69) is 15.8 Å². The Kier molecular flexibility index (Phi) is 8.76. The highest BCUT2D eigenvalue weighted by Gasteiger charge is 2.19. The largest absolute Gasteiger partial charge is 0.493 e. The second kappa shape index (κ2) is 12.4. The standard InChI is InChI=1S/C26H24N4O4/c1-33-24-16-19(12-13-23(24)34-15-14-27)18-28-30-25(31)17-22(20-8-4-2-5-9-20)29-26(32)21-10-6-3-7-11-21/h2-13,16,18,22H,15,17H2,1H3,(H,29,32)(H,30,31)/b28-18-/t22-/m0/s1. The molecular weight excluding hydrogens is 432 g/mol. The summed E-state index contributed by atoms with van der Waals surface area (Å²) in [7, 11) is 1.49. The predicted octanol–water partition coefficient (Wildman–Crippen LogP) is 3.61. The number of methoxy groups -OCH3 is 1. The van der Waals surface area contributed by atoms with E-state index in [4.69, 9.17) is 14.7 Å². The van der Waals surface area contributed by atoms with E-state index in [0.717, 1.165) is 5.56 Å². The lowest BCUT2D eigenvalue weighted by Gasteiger charge is -2.18. The number of hydrazone groups is 1. The minimum absolute atomic E-state index is 0.00415. The molecule has 0 aliphatic carbocycles. The van der Waals surface area contributed by atoms with E-state index >= 15 is 0 Å². The van der Waals surface area contributed by atoms with E-state index in [1.807, 2.05) is 42.5 Å². The molecule has 3 aromatic carbocycles. The van der Waals surface area contributed by atoms with Crippen LogP contribution in [0.1, 0.15) is 33.9 Å². The van der Waals surface area contributed by atoms with E-state index in [1.165, 1.54) is 13.3 Å². The highest BCUT2D eigenvalue weighted by Crippen LogP contribution is 2.27. The van der Waals surface area contributed by atoms with Gasteiger partial charge in [-0.3, -0.25) is 9.59 Å². The summed E-state index contributed by atoms with van der Waals surface area (Å²) in [6.07, 6.45) is 1.47. The van der Waals surface area contributed by atoms with Crippen molar-refractivity contribution in [3.8, 4) is 17.6 Å². The zero-order chi connectivity index (χ0) is 24.2. The van der Waals surface area contributed by atoms with Gasteiger partial charge in [0, 0.05) is 5.56 Å². The Balaban J connectivity index is 1.65. The van der Waals surface area contributed by atoms with Crippen molar-refractivity contribution < 1.29 is 19.1 Å². The second-order valence-electron chi connectivity index (χ2n) is 7.16. The van der Waals surface area contributed by atoms with Crippen molar-refractivity contribution in [2.45, 2.75) is 12.5 Å². The summed E-state index contributed by atoms with van der Waals surface area (Å²) in [5.41, 5.74) is 4.48. The number of nitriles is 1. The number of carbonyl (C=O) groups is 2. The number of amides is 2. The Hall–Kier alpha value is -4.64. The van der Waals surface area contributed by atoms with Crippen LogP contribution in [0.4, 0.5) is 0 Å². The fraction of sp³-hybridized carbons (Fsp3) is 0.154. The number of carbonyl (C=O) groups excluding carboxylic acids is 2. The molecule has 1 atom stereocenters. The van der Waals surface area contributed by atoms with E-state index < -0.39 is 6.04 Å². The van der Waals surface area contributed by atoms with Crippen molar-refractivity contribution in [2.75, 3.05) is 13.7 Å². The van der Waals surface area contributed by atoms with Crippen LogP contribution in [-0.4, -0.2) is 31.7 Å². The quantitative estimate of drug-likeness (QED) is 0.357. The van der Waals surface area contributed by atoms with Gasteiger partial charge >= 0.3 is 0 Å². The molecule has 2 amide bonds. The molecule has 8 nitrogen and oxygen atoms in total. The molecule has 3 aromatic rings. The topological polar surface area (TPSA) is 113 Å². The number of rotatable bonds is 10. The lowest BCUT2D eigenvalue weighted by molar-refractivity contribution is -0.121. The Morgan fingerprint density at radius 1 is 1.03 bits per heavy atom. The van der Waals surface area contributed by atoms with Crippen LogP contribution in [0.2, 0.25) is 0 Å². The third-order valence-corrected chi connectivity index (χ3v) is 4.82. The molecule has 3 rings (SSSR count). The molecule has 0 radical (unpaired) electrons. The van der Waals surface area contributed by atoms with E-state index in [-0.39, 0.29) is 24.8 Å². The fourth-order valence-electron chi connectivity index (χ4n) is 3.17. The van der Waals surface area contributed by atoms with Gasteiger partial charge in [-0.1, -0.05) is 48.5 Å². The molecule has 0 bridgehead atoms. The van der Waals surface area contributed by atoms with Crippen LogP contribution in [0.15, 0.2) is 84.0 Å². The average Bonchev–Trinajstić information content (AvgIpc) is 2.88. The summed E-state index contributed by atoms with van der Waals surface area (Å²) in [6.45, 7) is -0.0940. The van der Waals surface area contributed by atoms with Crippen molar-refractivity contribution in [3.63, 3.8) is 0 Å². The van der Waals surface area contributed by atoms with Crippen LogP contribution < -0.4 is 20.2 Å². The maximum atomic E-state index is 12.7. The number of nitrogens with zero attached hydrogens (tertiary/aromatic N) is 2. The maximum absolute atomic E-state index is 12.7. The number of hydrogen-bond acceptors (Lipinski definition) is 6. The van der Waals surface area contributed by atoms with Crippen LogP contribution in [-0.2, 0) is 4.79 Å². The SMILES string of the molecule is COc1cc(/C=N\NC(=O)C[C@H](NC(=O)c2ccccc2)c2ccccc2)ccc1OCC#N. The van der Waals surface area contributed by atoms with Crippen molar-refractivity contribution in [1.82, 2.24) is 10.7 Å². The Morgan fingerprint density at radius 2 is 1.74 bits per heavy atom. The van der Waals surface area contributed by atoms with Crippen LogP contribution in [0.25, 0.3) is 0 Å². The molecule has 8 heteroatoms. The highest BCUT2D eigenvalue weighted by atomic mass is 16.5. The van der Waals surface area contributed by atoms with Gasteiger partial charge in [0.2, 0.25) is 5.91 Å². The van der Waals surface area contributed by atoms with Crippen LogP contribution in [0.5, 0.6) is 11.5 Å². The van der Waals surface area contributed by atoms with Crippen molar-refractivity contribution in [1.29, 1.82) is 5.26 Å². The maximum Gasteiger partial charge on any atom is 0.251 e. The van der Waals surface area contributed by atoms with E-state index in [1.54, 1.807) is 42.5 Å². The number of benzene rings is 3. The lowest BCUT2D eigenvalue weighted by Crippen LogP contribution is -2.32. The monoisotopic (exact) mass is 456 g/mol. The zero-order valence-electron chi connectivity index (χ0n) is 18.6. The van der Waals surface area contributed by atoms with Gasteiger partial charge in [-0.25, -0.2) is 5.43 Å². The summed E-state index contributed by atoms with van der Waals surface area (Å²) >= 11 is 0. The first-order chi connectivity index (χ1) is 16.6. The molecule has 0 aliphatic rings. The van der Waals surface area contributed by atoms with E-state index in [9.17, 15) is 9.59 Å². The molecule has 0 heterocycles. The second-order valence-corrected chi connectivity index (χ2v) is 7.16. The van der Waals surface area contributed by atoms with Crippen molar-refractivity contribution in [2.24, 2.45) is 5.10 Å². The zero-order valence-corrected chi connectivity index (χ0v) is 18.6. The third kappa shape index (κ3) is 6.93. The first-order valence-electron chi connectivity index (χ1n) is 10.5. The fourth-order valence-corrected chi connectivity index (χ4v) is 3.17. The van der Waals surface area contributed by atoms with Crippen molar-refractivity contribution in [3.05, 3.63) is 95.6 Å².